The number of nitrogens with one attached hydrogen (secondary N) is 3. The molecule has 156 valence electrons. The molecule has 9 nitrogen and oxygen atoms in total. The molecule has 4 atom stereocenters. The normalized spacial score (nSPS) is 15.6. The Balaban J connectivity index is 5.01. The summed E-state index contributed by atoms with van der Waals surface area (Å²) in [7, 11) is 0. The summed E-state index contributed by atoms with van der Waals surface area (Å²) in [5.74, 6) is -2.94. The lowest BCUT2D eigenvalue weighted by atomic mass is 10.0. The predicted octanol–water partition coefficient (Wildman–Crippen LogP) is -0.495. The zero-order valence-electron chi connectivity index (χ0n) is 16.5. The molecule has 3 amide bonds. The molecule has 27 heavy (non-hydrogen) atoms. The molecule has 10 heteroatoms. The summed E-state index contributed by atoms with van der Waals surface area (Å²) in [5.41, 5.74) is 5.75. The molecule has 0 spiro atoms. The van der Waals surface area contributed by atoms with E-state index in [0.29, 0.717) is 6.42 Å². The number of hydrogen-bond acceptors (Lipinski definition) is 6. The summed E-state index contributed by atoms with van der Waals surface area (Å²) in [6.07, 6.45) is 0.308. The van der Waals surface area contributed by atoms with Crippen molar-refractivity contribution >= 4 is 36.3 Å². The van der Waals surface area contributed by atoms with Crippen LogP contribution in [0.4, 0.5) is 0 Å². The van der Waals surface area contributed by atoms with E-state index >= 15 is 0 Å². The van der Waals surface area contributed by atoms with Crippen molar-refractivity contribution in [2.75, 3.05) is 5.75 Å². The van der Waals surface area contributed by atoms with Crippen LogP contribution in [-0.4, -0.2) is 58.7 Å². The molecule has 0 saturated carbocycles. The summed E-state index contributed by atoms with van der Waals surface area (Å²) in [4.78, 5) is 47.8. The Morgan fingerprint density at radius 2 is 1.41 bits per heavy atom. The highest BCUT2D eigenvalue weighted by Gasteiger charge is 2.29. The van der Waals surface area contributed by atoms with Gasteiger partial charge in [0.15, 0.2) is 0 Å². The lowest BCUT2D eigenvalue weighted by Gasteiger charge is -2.24. The fraction of sp³-hybridized carbons (Fsp3) is 0.765. The Morgan fingerprint density at radius 1 is 0.889 bits per heavy atom. The molecular weight excluding hydrogens is 372 g/mol. The maximum Gasteiger partial charge on any atom is 0.327 e. The van der Waals surface area contributed by atoms with E-state index in [4.69, 9.17) is 10.8 Å². The summed E-state index contributed by atoms with van der Waals surface area (Å²) < 4.78 is 0. The van der Waals surface area contributed by atoms with Gasteiger partial charge in [0.1, 0.15) is 18.1 Å². The number of rotatable bonds is 11. The molecule has 0 saturated heterocycles. The molecule has 0 heterocycles. The third kappa shape index (κ3) is 9.09. The maximum absolute atomic E-state index is 12.4. The summed E-state index contributed by atoms with van der Waals surface area (Å²) >= 11 is 3.90. The number of carbonyl (C=O) groups excluding carboxylic acids is 3. The molecule has 0 fully saturated rings. The zero-order chi connectivity index (χ0) is 21.3. The van der Waals surface area contributed by atoms with Crippen LogP contribution in [0.5, 0.6) is 0 Å². The lowest BCUT2D eigenvalue weighted by molar-refractivity contribution is -0.141. The number of carboxylic acid groups (broad SMARTS) is 1. The number of carbonyl (C=O) groups is 4. The maximum atomic E-state index is 12.4. The Morgan fingerprint density at radius 3 is 1.81 bits per heavy atom. The van der Waals surface area contributed by atoms with E-state index in [2.05, 4.69) is 28.6 Å². The highest BCUT2D eigenvalue weighted by molar-refractivity contribution is 7.80. The van der Waals surface area contributed by atoms with Crippen LogP contribution in [0, 0.1) is 11.8 Å². The van der Waals surface area contributed by atoms with E-state index in [9.17, 15) is 19.2 Å². The van der Waals surface area contributed by atoms with E-state index in [0.717, 1.165) is 0 Å². The first-order valence-electron chi connectivity index (χ1n) is 8.91. The average molecular weight is 405 g/mol. The van der Waals surface area contributed by atoms with Crippen molar-refractivity contribution in [2.45, 2.75) is 65.2 Å². The zero-order valence-corrected chi connectivity index (χ0v) is 17.4. The average Bonchev–Trinajstić information content (AvgIpc) is 2.56. The predicted molar refractivity (Wildman–Crippen MR) is 105 cm³/mol. The van der Waals surface area contributed by atoms with Gasteiger partial charge in [-0.15, -0.1) is 0 Å². The molecule has 6 N–H and O–H groups in total. The van der Waals surface area contributed by atoms with Crippen molar-refractivity contribution in [3.8, 4) is 0 Å². The molecule has 0 aliphatic heterocycles. The van der Waals surface area contributed by atoms with Gasteiger partial charge in [-0.25, -0.2) is 4.79 Å². The molecule has 0 rings (SSSR count). The number of amides is 3. The van der Waals surface area contributed by atoms with Gasteiger partial charge in [-0.05, 0) is 25.2 Å². The molecular formula is C17H32N4O5S. The van der Waals surface area contributed by atoms with Gasteiger partial charge in [-0.1, -0.05) is 27.7 Å². The molecule has 0 aromatic heterocycles. The minimum Gasteiger partial charge on any atom is -0.480 e. The standard InChI is InChI=1S/C17H32N4O5S/c1-8(2)6-11(15(23)21-12(7-27)17(25)26)20-14(22)10(5)19-16(24)13(18)9(3)4/h8-13,27H,6-7,18H2,1-5H3,(H,19,24)(H,20,22)(H,21,23)(H,25,26). The lowest BCUT2D eigenvalue weighted by Crippen LogP contribution is -2.57. The van der Waals surface area contributed by atoms with Crippen LogP contribution in [0.1, 0.15) is 41.0 Å². The SMILES string of the molecule is CC(C)CC(NC(=O)C(C)NC(=O)C(N)C(C)C)C(=O)NC(CS)C(=O)O. The summed E-state index contributed by atoms with van der Waals surface area (Å²) in [5, 5.41) is 16.5. The number of carboxylic acids is 1. The Kier molecular flexibility index (Phi) is 11.0. The van der Waals surface area contributed by atoms with Crippen molar-refractivity contribution in [2.24, 2.45) is 17.6 Å². The first-order chi connectivity index (χ1) is 12.4. The van der Waals surface area contributed by atoms with Crippen molar-refractivity contribution in [1.82, 2.24) is 16.0 Å². The fourth-order valence-electron chi connectivity index (χ4n) is 2.14. The van der Waals surface area contributed by atoms with E-state index in [1.165, 1.54) is 6.92 Å². The van der Waals surface area contributed by atoms with Crippen LogP contribution >= 0.6 is 12.6 Å². The molecule has 0 bridgehead atoms. The highest BCUT2D eigenvalue weighted by Crippen LogP contribution is 2.07. The molecule has 0 aromatic carbocycles. The summed E-state index contributed by atoms with van der Waals surface area (Å²) in [6.45, 7) is 8.80. The topological polar surface area (TPSA) is 151 Å². The second-order valence-corrected chi connectivity index (χ2v) is 7.64. The quantitative estimate of drug-likeness (QED) is 0.256. The number of hydrogen-bond donors (Lipinski definition) is 6. The van der Waals surface area contributed by atoms with Gasteiger partial charge in [0, 0.05) is 5.75 Å². The van der Waals surface area contributed by atoms with Crippen LogP contribution in [0.25, 0.3) is 0 Å². The Labute approximate surface area is 165 Å². The van der Waals surface area contributed by atoms with Crippen molar-refractivity contribution in [3.05, 3.63) is 0 Å². The Hall–Kier alpha value is -1.81. The number of aliphatic carboxylic acids is 1. The molecule has 0 aliphatic rings. The third-order valence-electron chi connectivity index (χ3n) is 3.91. The molecule has 0 aliphatic carbocycles. The van der Waals surface area contributed by atoms with Gasteiger partial charge in [0.05, 0.1) is 6.04 Å². The molecule has 0 radical (unpaired) electrons. The van der Waals surface area contributed by atoms with Crippen molar-refractivity contribution < 1.29 is 24.3 Å². The molecule has 4 unspecified atom stereocenters. The van der Waals surface area contributed by atoms with E-state index in [-0.39, 0.29) is 17.6 Å². The summed E-state index contributed by atoms with van der Waals surface area (Å²) in [6, 6.07) is -3.74. The van der Waals surface area contributed by atoms with Gasteiger partial charge in [0.2, 0.25) is 17.7 Å². The van der Waals surface area contributed by atoms with E-state index < -0.39 is 47.9 Å². The second kappa shape index (κ2) is 11.8. The monoisotopic (exact) mass is 404 g/mol. The van der Waals surface area contributed by atoms with Crippen molar-refractivity contribution in [3.63, 3.8) is 0 Å². The van der Waals surface area contributed by atoms with Crippen LogP contribution in [0.3, 0.4) is 0 Å². The van der Waals surface area contributed by atoms with Gasteiger partial charge in [-0.2, -0.15) is 12.6 Å². The van der Waals surface area contributed by atoms with Crippen LogP contribution in [0.2, 0.25) is 0 Å². The number of nitrogens with two attached hydrogens (primary N) is 1. The van der Waals surface area contributed by atoms with Gasteiger partial charge < -0.3 is 26.8 Å². The minimum absolute atomic E-state index is 0.0691. The fourth-order valence-corrected chi connectivity index (χ4v) is 2.38. The van der Waals surface area contributed by atoms with Gasteiger partial charge in [-0.3, -0.25) is 14.4 Å². The number of thiol groups is 1. The highest BCUT2D eigenvalue weighted by atomic mass is 32.1. The Bertz CT molecular complexity index is 541. The van der Waals surface area contributed by atoms with E-state index in [1.54, 1.807) is 13.8 Å². The van der Waals surface area contributed by atoms with Crippen molar-refractivity contribution in [1.29, 1.82) is 0 Å². The van der Waals surface area contributed by atoms with Crippen LogP contribution < -0.4 is 21.7 Å². The second-order valence-electron chi connectivity index (χ2n) is 7.27. The minimum atomic E-state index is -1.21. The smallest absolute Gasteiger partial charge is 0.327 e. The van der Waals surface area contributed by atoms with Crippen LogP contribution in [0.15, 0.2) is 0 Å². The van der Waals surface area contributed by atoms with Crippen LogP contribution in [-0.2, 0) is 19.2 Å². The first-order valence-corrected chi connectivity index (χ1v) is 9.54. The van der Waals surface area contributed by atoms with Gasteiger partial charge in [0.25, 0.3) is 0 Å². The largest absolute Gasteiger partial charge is 0.480 e. The third-order valence-corrected chi connectivity index (χ3v) is 4.28. The first kappa shape index (κ1) is 25.2. The molecule has 0 aromatic rings. The van der Waals surface area contributed by atoms with E-state index in [1.807, 2.05) is 13.8 Å². The van der Waals surface area contributed by atoms with Gasteiger partial charge >= 0.3 is 5.97 Å².